The van der Waals surface area contributed by atoms with Gasteiger partial charge in [0, 0.05) is 0 Å². The van der Waals surface area contributed by atoms with E-state index in [-0.39, 0.29) is 0 Å². The highest BCUT2D eigenvalue weighted by atomic mass is 16.5. The number of hydrogen-bond acceptors (Lipinski definition) is 2. The largest absolute Gasteiger partial charge is 0.494 e. The zero-order valence-corrected chi connectivity index (χ0v) is 13.2. The smallest absolute Gasteiger partial charge is 0.335 e. The molecular formula is C19H24O3. The van der Waals surface area contributed by atoms with Gasteiger partial charge in [0.1, 0.15) is 5.75 Å². The van der Waals surface area contributed by atoms with Gasteiger partial charge in [-0.2, -0.15) is 0 Å². The highest BCUT2D eigenvalue weighted by molar-refractivity contribution is 5.94. The maximum absolute atomic E-state index is 11.0. The second-order valence-corrected chi connectivity index (χ2v) is 5.65. The van der Waals surface area contributed by atoms with Crippen LogP contribution in [0.2, 0.25) is 0 Å². The Kier molecular flexibility index (Phi) is 6.26. The van der Waals surface area contributed by atoms with Crippen LogP contribution in [0.25, 0.3) is 10.8 Å². The van der Waals surface area contributed by atoms with Crippen molar-refractivity contribution < 1.29 is 14.6 Å². The minimum Gasteiger partial charge on any atom is -0.494 e. The predicted octanol–water partition coefficient (Wildman–Crippen LogP) is 5.28. The van der Waals surface area contributed by atoms with Crippen molar-refractivity contribution in [3.8, 4) is 5.75 Å². The van der Waals surface area contributed by atoms with E-state index in [1.165, 1.54) is 32.1 Å². The number of ether oxygens (including phenoxy) is 1. The number of fused-ring (bicyclic) bond motifs is 1. The molecule has 0 fully saturated rings. The van der Waals surface area contributed by atoms with E-state index in [0.717, 1.165) is 29.5 Å². The van der Waals surface area contributed by atoms with Gasteiger partial charge in [-0.15, -0.1) is 0 Å². The first-order valence-electron chi connectivity index (χ1n) is 8.10. The van der Waals surface area contributed by atoms with Crippen LogP contribution in [0.5, 0.6) is 5.75 Å². The Labute approximate surface area is 131 Å². The molecule has 0 unspecified atom stereocenters. The minimum atomic E-state index is -0.898. The lowest BCUT2D eigenvalue weighted by Crippen LogP contribution is -1.98. The van der Waals surface area contributed by atoms with E-state index in [1.54, 1.807) is 12.1 Å². The van der Waals surface area contributed by atoms with Crippen molar-refractivity contribution in [2.24, 2.45) is 0 Å². The first-order valence-corrected chi connectivity index (χ1v) is 8.10. The van der Waals surface area contributed by atoms with Crippen molar-refractivity contribution in [1.29, 1.82) is 0 Å². The molecule has 0 aromatic heterocycles. The summed E-state index contributed by atoms with van der Waals surface area (Å²) in [5.74, 6) is -0.0468. The van der Waals surface area contributed by atoms with Gasteiger partial charge in [-0.3, -0.25) is 0 Å². The molecule has 22 heavy (non-hydrogen) atoms. The number of carbonyl (C=O) groups is 1. The van der Waals surface area contributed by atoms with Crippen molar-refractivity contribution in [3.63, 3.8) is 0 Å². The highest BCUT2D eigenvalue weighted by Gasteiger charge is 2.04. The molecule has 0 aliphatic carbocycles. The summed E-state index contributed by atoms with van der Waals surface area (Å²) in [7, 11) is 0. The minimum absolute atomic E-state index is 0.313. The molecule has 0 aliphatic rings. The van der Waals surface area contributed by atoms with Gasteiger partial charge in [-0.25, -0.2) is 4.79 Å². The lowest BCUT2D eigenvalue weighted by atomic mass is 10.1. The van der Waals surface area contributed by atoms with Crippen molar-refractivity contribution in [3.05, 3.63) is 42.0 Å². The van der Waals surface area contributed by atoms with Gasteiger partial charge in [0.25, 0.3) is 0 Å². The summed E-state index contributed by atoms with van der Waals surface area (Å²) >= 11 is 0. The van der Waals surface area contributed by atoms with E-state index in [9.17, 15) is 4.79 Å². The fourth-order valence-electron chi connectivity index (χ4n) is 2.52. The monoisotopic (exact) mass is 300 g/mol. The summed E-state index contributed by atoms with van der Waals surface area (Å²) < 4.78 is 5.78. The van der Waals surface area contributed by atoms with Crippen LogP contribution in [-0.4, -0.2) is 17.7 Å². The van der Waals surface area contributed by atoms with Gasteiger partial charge < -0.3 is 9.84 Å². The molecule has 3 nitrogen and oxygen atoms in total. The van der Waals surface area contributed by atoms with Crippen molar-refractivity contribution in [1.82, 2.24) is 0 Å². The van der Waals surface area contributed by atoms with E-state index >= 15 is 0 Å². The summed E-state index contributed by atoms with van der Waals surface area (Å²) in [6, 6.07) is 10.9. The molecule has 2 rings (SSSR count). The van der Waals surface area contributed by atoms with Crippen LogP contribution in [0.15, 0.2) is 36.4 Å². The molecule has 118 valence electrons. The van der Waals surface area contributed by atoms with Gasteiger partial charge in [-0.05, 0) is 41.5 Å². The molecule has 2 aromatic rings. The Bertz CT molecular complexity index is 619. The molecule has 2 aromatic carbocycles. The zero-order valence-electron chi connectivity index (χ0n) is 13.2. The van der Waals surface area contributed by atoms with Crippen LogP contribution in [0.4, 0.5) is 0 Å². The average Bonchev–Trinajstić information content (AvgIpc) is 2.53. The van der Waals surface area contributed by atoms with Gasteiger partial charge in [0.2, 0.25) is 0 Å². The maximum Gasteiger partial charge on any atom is 0.335 e. The van der Waals surface area contributed by atoms with Gasteiger partial charge in [0.15, 0.2) is 0 Å². The molecule has 0 aliphatic heterocycles. The fourth-order valence-corrected chi connectivity index (χ4v) is 2.52. The lowest BCUT2D eigenvalue weighted by molar-refractivity contribution is 0.0697. The lowest BCUT2D eigenvalue weighted by Gasteiger charge is -2.08. The molecule has 0 atom stereocenters. The van der Waals surface area contributed by atoms with E-state index < -0.39 is 5.97 Å². The number of rotatable bonds is 9. The molecule has 0 amide bonds. The number of hydrogen-bond donors (Lipinski definition) is 1. The molecule has 1 N–H and O–H groups in total. The summed E-state index contributed by atoms with van der Waals surface area (Å²) in [4.78, 5) is 11.0. The molecular weight excluding hydrogens is 276 g/mol. The average molecular weight is 300 g/mol. The van der Waals surface area contributed by atoms with E-state index in [2.05, 4.69) is 6.92 Å². The zero-order chi connectivity index (χ0) is 15.8. The third-order valence-electron chi connectivity index (χ3n) is 3.83. The second-order valence-electron chi connectivity index (χ2n) is 5.65. The third kappa shape index (κ3) is 4.76. The Morgan fingerprint density at radius 3 is 2.41 bits per heavy atom. The van der Waals surface area contributed by atoms with E-state index in [1.807, 2.05) is 24.3 Å². The van der Waals surface area contributed by atoms with Crippen molar-refractivity contribution in [2.45, 2.75) is 45.4 Å². The summed E-state index contributed by atoms with van der Waals surface area (Å²) in [6.07, 6.45) is 7.50. The molecule has 0 spiro atoms. The highest BCUT2D eigenvalue weighted by Crippen LogP contribution is 2.22. The quantitative estimate of drug-likeness (QED) is 0.641. The van der Waals surface area contributed by atoms with Crippen LogP contribution in [0.3, 0.4) is 0 Å². The Hall–Kier alpha value is -2.03. The Morgan fingerprint density at radius 1 is 0.955 bits per heavy atom. The number of unbranched alkanes of at least 4 members (excludes halogenated alkanes) is 5. The topological polar surface area (TPSA) is 46.5 Å². The van der Waals surface area contributed by atoms with Crippen LogP contribution < -0.4 is 4.74 Å². The third-order valence-corrected chi connectivity index (χ3v) is 3.83. The van der Waals surface area contributed by atoms with Crippen LogP contribution >= 0.6 is 0 Å². The normalized spacial score (nSPS) is 10.8. The first-order chi connectivity index (χ1) is 10.7. The summed E-state index contributed by atoms with van der Waals surface area (Å²) in [6.45, 7) is 2.97. The molecule has 0 saturated heterocycles. The van der Waals surface area contributed by atoms with Crippen molar-refractivity contribution >= 4 is 16.7 Å². The van der Waals surface area contributed by atoms with Gasteiger partial charge in [0.05, 0.1) is 12.2 Å². The second kappa shape index (κ2) is 8.42. The number of carboxylic acids is 1. The van der Waals surface area contributed by atoms with Crippen LogP contribution in [-0.2, 0) is 0 Å². The Balaban J connectivity index is 1.85. The van der Waals surface area contributed by atoms with Crippen LogP contribution in [0.1, 0.15) is 55.8 Å². The molecule has 0 saturated carbocycles. The van der Waals surface area contributed by atoms with E-state index in [0.29, 0.717) is 5.56 Å². The number of carboxylic acid groups (broad SMARTS) is 1. The molecule has 3 heteroatoms. The predicted molar refractivity (Wildman–Crippen MR) is 89.8 cm³/mol. The van der Waals surface area contributed by atoms with Gasteiger partial charge in [-0.1, -0.05) is 51.2 Å². The maximum atomic E-state index is 11.0. The number of benzene rings is 2. The number of aromatic carboxylic acids is 1. The summed E-state index contributed by atoms with van der Waals surface area (Å²) in [5.41, 5.74) is 0.313. The molecule has 0 bridgehead atoms. The molecule has 0 radical (unpaired) electrons. The standard InChI is InChI=1S/C19H24O3/c1-2-3-4-5-6-7-12-22-18-11-10-15-13-17(19(20)21)9-8-16(15)14-18/h8-11,13-14H,2-7,12H2,1H3,(H,20,21). The van der Waals surface area contributed by atoms with E-state index in [4.69, 9.17) is 9.84 Å². The van der Waals surface area contributed by atoms with Crippen molar-refractivity contribution in [2.75, 3.05) is 6.61 Å². The Morgan fingerprint density at radius 2 is 1.64 bits per heavy atom. The summed E-state index contributed by atoms with van der Waals surface area (Å²) in [5, 5.41) is 10.9. The fraction of sp³-hybridized carbons (Fsp3) is 0.421. The SMILES string of the molecule is CCCCCCCCOc1ccc2cc(C(=O)O)ccc2c1. The van der Waals surface area contributed by atoms with Gasteiger partial charge >= 0.3 is 5.97 Å². The first kappa shape index (κ1) is 16.3. The molecule has 0 heterocycles. The van der Waals surface area contributed by atoms with Crippen LogP contribution in [0, 0.1) is 0 Å².